The predicted octanol–water partition coefficient (Wildman–Crippen LogP) is 3.01. The summed E-state index contributed by atoms with van der Waals surface area (Å²) in [7, 11) is -3.72. The Bertz CT molecular complexity index is 1030. The molecule has 7 heteroatoms. The molecule has 0 fully saturated rings. The Kier molecular flexibility index (Phi) is 5.54. The number of amides is 1. The van der Waals surface area contributed by atoms with Gasteiger partial charge in [-0.3, -0.25) is 4.79 Å². The number of carbonyl (C=O) groups is 1. The van der Waals surface area contributed by atoms with Crippen molar-refractivity contribution in [1.29, 1.82) is 0 Å². The number of hydrogen-bond acceptors (Lipinski definition) is 4. The number of rotatable bonds is 6. The van der Waals surface area contributed by atoms with Crippen molar-refractivity contribution in [2.24, 2.45) is 5.14 Å². The van der Waals surface area contributed by atoms with E-state index >= 15 is 0 Å². The van der Waals surface area contributed by atoms with E-state index in [1.165, 1.54) is 12.1 Å². The van der Waals surface area contributed by atoms with E-state index in [1.54, 1.807) is 24.3 Å². The lowest BCUT2D eigenvalue weighted by molar-refractivity contribution is 0.0951. The molecule has 6 nitrogen and oxygen atoms in total. The summed E-state index contributed by atoms with van der Waals surface area (Å²) >= 11 is 0. The van der Waals surface area contributed by atoms with Crippen molar-refractivity contribution in [3.05, 3.63) is 90.0 Å². The van der Waals surface area contributed by atoms with Crippen molar-refractivity contribution in [3.8, 4) is 0 Å². The van der Waals surface area contributed by atoms with Gasteiger partial charge in [-0.25, -0.2) is 13.6 Å². The molecule has 0 aliphatic heterocycles. The highest BCUT2D eigenvalue weighted by Gasteiger charge is 2.11. The van der Waals surface area contributed by atoms with Crippen LogP contribution in [0.1, 0.15) is 15.9 Å². The summed E-state index contributed by atoms with van der Waals surface area (Å²) in [5, 5.41) is 11.2. The van der Waals surface area contributed by atoms with Crippen LogP contribution in [0.15, 0.2) is 83.8 Å². The maximum atomic E-state index is 12.6. The molecule has 0 saturated heterocycles. The molecule has 3 rings (SSSR count). The van der Waals surface area contributed by atoms with Crippen molar-refractivity contribution < 1.29 is 13.2 Å². The monoisotopic (exact) mass is 381 g/mol. The lowest BCUT2D eigenvalue weighted by atomic mass is 10.1. The molecule has 0 radical (unpaired) electrons. The standard InChI is InChI=1S/C20H19N3O3S/c21-27(25,26)17-12-10-15(11-13-17)14-22-20(24)18-8-4-5-9-19(18)23-16-6-2-1-3-7-16/h1-13,23H,14H2,(H,22,24)(H2,21,25,26). The minimum absolute atomic E-state index is 0.0370. The third-order valence-corrected chi connectivity index (χ3v) is 4.86. The van der Waals surface area contributed by atoms with Gasteiger partial charge >= 0.3 is 0 Å². The third-order valence-electron chi connectivity index (χ3n) is 3.93. The van der Waals surface area contributed by atoms with Crippen molar-refractivity contribution in [2.75, 3.05) is 5.32 Å². The number of nitrogens with one attached hydrogen (secondary N) is 2. The molecular weight excluding hydrogens is 362 g/mol. The Hall–Kier alpha value is -3.16. The molecule has 0 aliphatic carbocycles. The molecule has 1 amide bonds. The van der Waals surface area contributed by atoms with Crippen LogP contribution in [0.3, 0.4) is 0 Å². The van der Waals surface area contributed by atoms with Gasteiger partial charge in [0.25, 0.3) is 5.91 Å². The van der Waals surface area contributed by atoms with Crippen molar-refractivity contribution >= 4 is 27.3 Å². The molecule has 0 atom stereocenters. The van der Waals surface area contributed by atoms with E-state index in [1.807, 2.05) is 42.5 Å². The number of nitrogens with two attached hydrogens (primary N) is 1. The van der Waals surface area contributed by atoms with Crippen LogP contribution in [-0.4, -0.2) is 14.3 Å². The molecule has 0 heterocycles. The number of sulfonamides is 1. The van der Waals surface area contributed by atoms with Crippen molar-refractivity contribution in [3.63, 3.8) is 0 Å². The number of primary sulfonamides is 1. The summed E-state index contributed by atoms with van der Waals surface area (Å²) in [6.07, 6.45) is 0. The average molecular weight is 381 g/mol. The minimum atomic E-state index is -3.72. The third kappa shape index (κ3) is 4.93. The Morgan fingerprint density at radius 3 is 2.15 bits per heavy atom. The van der Waals surface area contributed by atoms with Crippen LogP contribution in [-0.2, 0) is 16.6 Å². The molecule has 3 aromatic rings. The van der Waals surface area contributed by atoms with E-state index in [9.17, 15) is 13.2 Å². The average Bonchev–Trinajstić information content (AvgIpc) is 2.67. The van der Waals surface area contributed by atoms with Crippen LogP contribution in [0, 0.1) is 0 Å². The molecule has 0 aromatic heterocycles. The first-order valence-electron chi connectivity index (χ1n) is 8.24. The number of hydrogen-bond donors (Lipinski definition) is 3. The second-order valence-corrected chi connectivity index (χ2v) is 7.47. The first kappa shape index (κ1) is 18.6. The van der Waals surface area contributed by atoms with E-state index in [2.05, 4.69) is 10.6 Å². The summed E-state index contributed by atoms with van der Waals surface area (Å²) in [6, 6.07) is 22.9. The van der Waals surface area contributed by atoms with E-state index in [-0.39, 0.29) is 17.3 Å². The zero-order chi connectivity index (χ0) is 19.3. The summed E-state index contributed by atoms with van der Waals surface area (Å²) in [5.41, 5.74) is 2.87. The van der Waals surface area contributed by atoms with Gasteiger partial charge in [-0.15, -0.1) is 0 Å². The predicted molar refractivity (Wildman–Crippen MR) is 105 cm³/mol. The van der Waals surface area contributed by atoms with Gasteiger partial charge in [0.2, 0.25) is 10.0 Å². The van der Waals surface area contributed by atoms with Gasteiger partial charge < -0.3 is 10.6 Å². The van der Waals surface area contributed by atoms with E-state index in [4.69, 9.17) is 5.14 Å². The fourth-order valence-electron chi connectivity index (χ4n) is 2.54. The van der Waals surface area contributed by atoms with Crippen LogP contribution in [0.4, 0.5) is 11.4 Å². The Morgan fingerprint density at radius 2 is 1.48 bits per heavy atom. The van der Waals surface area contributed by atoms with Gasteiger partial charge in [-0.1, -0.05) is 42.5 Å². The fourth-order valence-corrected chi connectivity index (χ4v) is 3.06. The first-order valence-corrected chi connectivity index (χ1v) is 9.79. The van der Waals surface area contributed by atoms with Gasteiger partial charge in [-0.2, -0.15) is 0 Å². The second-order valence-electron chi connectivity index (χ2n) is 5.91. The van der Waals surface area contributed by atoms with Crippen LogP contribution in [0.2, 0.25) is 0 Å². The van der Waals surface area contributed by atoms with Gasteiger partial charge in [-0.05, 0) is 42.0 Å². The molecular formula is C20H19N3O3S. The normalized spacial score (nSPS) is 11.0. The Morgan fingerprint density at radius 1 is 0.852 bits per heavy atom. The van der Waals surface area contributed by atoms with Crippen molar-refractivity contribution in [1.82, 2.24) is 5.32 Å². The molecule has 0 aliphatic rings. The van der Waals surface area contributed by atoms with Crippen LogP contribution in [0.25, 0.3) is 0 Å². The SMILES string of the molecule is NS(=O)(=O)c1ccc(CNC(=O)c2ccccc2Nc2ccccc2)cc1. The number of carbonyl (C=O) groups excluding carboxylic acids is 1. The minimum Gasteiger partial charge on any atom is -0.355 e. The number of benzene rings is 3. The zero-order valence-corrected chi connectivity index (χ0v) is 15.2. The summed E-state index contributed by atoms with van der Waals surface area (Å²) < 4.78 is 22.6. The molecule has 3 aromatic carbocycles. The lowest BCUT2D eigenvalue weighted by Crippen LogP contribution is -2.23. The van der Waals surface area contributed by atoms with Crippen molar-refractivity contribution in [2.45, 2.75) is 11.4 Å². The Balaban J connectivity index is 1.70. The molecule has 138 valence electrons. The molecule has 0 bridgehead atoms. The largest absolute Gasteiger partial charge is 0.355 e. The molecule has 27 heavy (non-hydrogen) atoms. The van der Waals surface area contributed by atoms with E-state index < -0.39 is 10.0 Å². The molecule has 0 unspecified atom stereocenters. The summed E-state index contributed by atoms with van der Waals surface area (Å²) in [5.74, 6) is -0.232. The lowest BCUT2D eigenvalue weighted by Gasteiger charge is -2.12. The topological polar surface area (TPSA) is 101 Å². The van der Waals surface area contributed by atoms with Crippen LogP contribution in [0.5, 0.6) is 0 Å². The van der Waals surface area contributed by atoms with Crippen LogP contribution < -0.4 is 15.8 Å². The van der Waals surface area contributed by atoms with Gasteiger partial charge in [0.1, 0.15) is 0 Å². The summed E-state index contributed by atoms with van der Waals surface area (Å²) in [4.78, 5) is 12.6. The number of anilines is 2. The van der Waals surface area contributed by atoms with E-state index in [0.29, 0.717) is 11.3 Å². The smallest absolute Gasteiger partial charge is 0.253 e. The van der Waals surface area contributed by atoms with Gasteiger partial charge in [0, 0.05) is 12.2 Å². The highest BCUT2D eigenvalue weighted by Crippen LogP contribution is 2.20. The highest BCUT2D eigenvalue weighted by molar-refractivity contribution is 7.89. The molecule has 0 saturated carbocycles. The van der Waals surface area contributed by atoms with Crippen LogP contribution >= 0.6 is 0 Å². The molecule has 0 spiro atoms. The fraction of sp³-hybridized carbons (Fsp3) is 0.0500. The summed E-state index contributed by atoms with van der Waals surface area (Å²) in [6.45, 7) is 0.267. The van der Waals surface area contributed by atoms with E-state index in [0.717, 1.165) is 11.3 Å². The second kappa shape index (κ2) is 8.03. The first-order chi connectivity index (χ1) is 12.9. The Labute approximate surface area is 158 Å². The van der Waals surface area contributed by atoms with Gasteiger partial charge in [0.05, 0.1) is 16.1 Å². The maximum Gasteiger partial charge on any atom is 0.253 e. The molecule has 4 N–H and O–H groups in total. The maximum absolute atomic E-state index is 12.6. The van der Waals surface area contributed by atoms with Gasteiger partial charge in [0.15, 0.2) is 0 Å². The quantitative estimate of drug-likeness (QED) is 0.611. The zero-order valence-electron chi connectivity index (χ0n) is 14.4. The number of para-hydroxylation sites is 2. The highest BCUT2D eigenvalue weighted by atomic mass is 32.2.